The average molecular weight is 725 g/mol. The first-order valence-corrected chi connectivity index (χ1v) is 18.8. The molecule has 2 atom stereocenters. The molecule has 0 spiro atoms. The van der Waals surface area contributed by atoms with Crippen LogP contribution in [0.5, 0.6) is 0 Å². The number of unbranched alkanes of at least 4 members (excludes halogenated alkanes) is 8. The van der Waals surface area contributed by atoms with Crippen LogP contribution in [0.25, 0.3) is 11.1 Å². The number of nitrogens with zero attached hydrogens (tertiary/aromatic N) is 2. The molecule has 2 aliphatic heterocycles. The molecule has 2 N–H and O–H groups in total. The topological polar surface area (TPSA) is 106 Å². The van der Waals surface area contributed by atoms with Crippen LogP contribution in [0.3, 0.4) is 0 Å². The van der Waals surface area contributed by atoms with E-state index in [2.05, 4.69) is 23.8 Å². The van der Waals surface area contributed by atoms with Gasteiger partial charge in [-0.1, -0.05) is 91.9 Å². The maximum Gasteiger partial charge on any atom is 0.273 e. The van der Waals surface area contributed by atoms with Crippen molar-refractivity contribution in [2.75, 3.05) is 9.80 Å². The molecule has 0 radical (unpaired) electrons. The second kappa shape index (κ2) is 16.9. The van der Waals surface area contributed by atoms with Gasteiger partial charge in [0.05, 0.1) is 22.5 Å². The molecule has 2 aliphatic rings. The van der Waals surface area contributed by atoms with Crippen LogP contribution in [0, 0.1) is 23.3 Å². The van der Waals surface area contributed by atoms with Crippen molar-refractivity contribution in [3.63, 3.8) is 0 Å². The van der Waals surface area contributed by atoms with Crippen molar-refractivity contribution in [2.45, 2.75) is 130 Å². The smallest absolute Gasteiger partial charge is 0.273 e. The molecule has 0 saturated carbocycles. The van der Waals surface area contributed by atoms with Crippen molar-refractivity contribution in [3.05, 3.63) is 90.1 Å². The van der Waals surface area contributed by atoms with Crippen molar-refractivity contribution in [2.24, 2.45) is 0 Å². The highest BCUT2D eigenvalue weighted by molar-refractivity contribution is 6.33. The SMILES string of the molecule is CCCCCCCC(CC)N1C(=O)/C(=c2\[nH]c(=O)/c(=C3/C(=O)N(C(CC)CCCCCCC)c4cc(F)c(F)cc43)[nH]c2=O)c2cc(F)c(F)cc21. The molecule has 3 aromatic rings. The number of H-pyrrole nitrogens is 2. The molecule has 0 aliphatic carbocycles. The van der Waals surface area contributed by atoms with Gasteiger partial charge in [-0.3, -0.25) is 19.2 Å². The Hall–Kier alpha value is -4.48. The van der Waals surface area contributed by atoms with E-state index in [1.54, 1.807) is 0 Å². The van der Waals surface area contributed by atoms with E-state index in [1.807, 2.05) is 13.8 Å². The lowest BCUT2D eigenvalue weighted by Crippen LogP contribution is -2.50. The van der Waals surface area contributed by atoms with Gasteiger partial charge in [0.25, 0.3) is 22.9 Å². The number of anilines is 2. The van der Waals surface area contributed by atoms with Crippen LogP contribution in [0.2, 0.25) is 0 Å². The van der Waals surface area contributed by atoms with Gasteiger partial charge in [0.15, 0.2) is 23.3 Å². The molecule has 0 bridgehead atoms. The third-order valence-corrected chi connectivity index (χ3v) is 10.4. The van der Waals surface area contributed by atoms with E-state index in [4.69, 9.17) is 0 Å². The molecule has 2 unspecified atom stereocenters. The maximum absolute atomic E-state index is 14.7. The maximum atomic E-state index is 14.7. The van der Waals surface area contributed by atoms with Gasteiger partial charge in [0.1, 0.15) is 10.7 Å². The van der Waals surface area contributed by atoms with Gasteiger partial charge in [0, 0.05) is 35.3 Å². The summed E-state index contributed by atoms with van der Waals surface area (Å²) in [6.45, 7) is 7.98. The molecule has 5 rings (SSSR count). The predicted octanol–water partition coefficient (Wildman–Crippen LogP) is 6.99. The summed E-state index contributed by atoms with van der Waals surface area (Å²) >= 11 is 0. The number of rotatable bonds is 16. The number of aromatic amines is 2. The quantitative estimate of drug-likeness (QED) is 0.123. The highest BCUT2D eigenvalue weighted by atomic mass is 19.2. The highest BCUT2D eigenvalue weighted by Crippen LogP contribution is 2.41. The first-order valence-electron chi connectivity index (χ1n) is 18.8. The lowest BCUT2D eigenvalue weighted by Gasteiger charge is -2.27. The molecule has 0 fully saturated rings. The van der Waals surface area contributed by atoms with Crippen molar-refractivity contribution in [1.29, 1.82) is 0 Å². The molecule has 1 aromatic heterocycles. The molecule has 3 heterocycles. The zero-order valence-electron chi connectivity index (χ0n) is 30.4. The molecule has 8 nitrogen and oxygen atoms in total. The Labute approximate surface area is 300 Å². The summed E-state index contributed by atoms with van der Waals surface area (Å²) in [4.78, 5) is 63.6. The van der Waals surface area contributed by atoms with E-state index >= 15 is 0 Å². The van der Waals surface area contributed by atoms with Crippen molar-refractivity contribution < 1.29 is 27.2 Å². The standard InChI is InChI=1S/C40H48F4N4O4/c1-5-9-11-13-15-17-23(7-3)47-31-21-29(43)27(41)19-25(31)33(39(47)51)35-37(49)46-36(38(50)45-35)34-26-20-28(42)30(44)22-32(26)48(40(34)52)24(8-4)18-16-14-12-10-6-2/h19-24H,5-18H2,1-4H3,(H,45,50)(H,46,49)/b35-33-,36-34-. The summed E-state index contributed by atoms with van der Waals surface area (Å²) in [5.74, 6) is -6.19. The van der Waals surface area contributed by atoms with Gasteiger partial charge >= 0.3 is 0 Å². The summed E-state index contributed by atoms with van der Waals surface area (Å²) in [5, 5.41) is -0.975. The molecular formula is C40H48F4N4O4. The molecule has 12 heteroatoms. The van der Waals surface area contributed by atoms with Crippen LogP contribution in [-0.4, -0.2) is 33.9 Å². The Morgan fingerprint density at radius 2 is 0.865 bits per heavy atom. The zero-order chi connectivity index (χ0) is 37.7. The number of hydrogen-bond donors (Lipinski definition) is 2. The van der Waals surface area contributed by atoms with Crippen molar-refractivity contribution in [1.82, 2.24) is 9.97 Å². The number of fused-ring (bicyclic) bond motifs is 2. The average Bonchev–Trinajstić information content (AvgIpc) is 3.54. The number of hydrogen-bond acceptors (Lipinski definition) is 4. The number of carbonyl (C=O) groups is 2. The Kier molecular flexibility index (Phi) is 12.6. The third kappa shape index (κ3) is 7.52. The number of nitrogens with one attached hydrogen (secondary N) is 2. The summed E-state index contributed by atoms with van der Waals surface area (Å²) in [6, 6.07) is 2.76. The normalized spacial score (nSPS) is 17.2. The van der Waals surface area contributed by atoms with Gasteiger partial charge < -0.3 is 19.8 Å². The largest absolute Gasteiger partial charge is 0.315 e. The first kappa shape index (κ1) is 38.7. The minimum absolute atomic E-state index is 0.0504. The van der Waals surface area contributed by atoms with Gasteiger partial charge in [0.2, 0.25) is 0 Å². The van der Waals surface area contributed by atoms with Crippen molar-refractivity contribution in [3.8, 4) is 0 Å². The lowest BCUT2D eigenvalue weighted by atomic mass is 10.0. The fourth-order valence-corrected chi connectivity index (χ4v) is 7.59. The van der Waals surface area contributed by atoms with E-state index < -0.39 is 56.9 Å². The van der Waals surface area contributed by atoms with Crippen LogP contribution in [0.15, 0.2) is 33.9 Å². The highest BCUT2D eigenvalue weighted by Gasteiger charge is 2.40. The van der Waals surface area contributed by atoms with Crippen LogP contribution in [0.4, 0.5) is 28.9 Å². The molecule has 0 saturated heterocycles. The van der Waals surface area contributed by atoms with Crippen LogP contribution >= 0.6 is 0 Å². The second-order valence-corrected chi connectivity index (χ2v) is 13.9. The van der Waals surface area contributed by atoms with E-state index in [-0.39, 0.29) is 45.7 Å². The predicted molar refractivity (Wildman–Crippen MR) is 195 cm³/mol. The number of carbonyl (C=O) groups excluding carboxylic acids is 2. The second-order valence-electron chi connectivity index (χ2n) is 13.9. The van der Waals surface area contributed by atoms with Crippen LogP contribution in [0.1, 0.15) is 129 Å². The van der Waals surface area contributed by atoms with Crippen LogP contribution < -0.4 is 31.6 Å². The summed E-state index contributed by atoms with van der Waals surface area (Å²) in [7, 11) is 0. The molecule has 52 heavy (non-hydrogen) atoms. The molecular weight excluding hydrogens is 676 g/mol. The van der Waals surface area contributed by atoms with Gasteiger partial charge in [-0.05, 0) is 37.8 Å². The molecule has 280 valence electrons. The Morgan fingerprint density at radius 1 is 0.519 bits per heavy atom. The monoisotopic (exact) mass is 724 g/mol. The molecule has 2 aromatic carbocycles. The van der Waals surface area contributed by atoms with E-state index in [0.717, 1.165) is 88.5 Å². The Balaban J connectivity index is 1.65. The fraction of sp³-hybridized carbons (Fsp3) is 0.500. The number of aromatic nitrogens is 2. The third-order valence-electron chi connectivity index (χ3n) is 10.4. The number of halogens is 4. The van der Waals surface area contributed by atoms with Gasteiger partial charge in [-0.15, -0.1) is 0 Å². The zero-order valence-corrected chi connectivity index (χ0v) is 30.4. The molecule has 2 amide bonds. The van der Waals surface area contributed by atoms with E-state index in [1.165, 1.54) is 9.80 Å². The first-order chi connectivity index (χ1) is 25.0. The summed E-state index contributed by atoms with van der Waals surface area (Å²) in [6.07, 6.45) is 12.0. The Bertz CT molecular complexity index is 1930. The van der Waals surface area contributed by atoms with Crippen LogP contribution in [-0.2, 0) is 9.59 Å². The number of benzene rings is 2. The summed E-state index contributed by atoms with van der Waals surface area (Å²) < 4.78 is 58.7. The minimum atomic E-state index is -1.23. The minimum Gasteiger partial charge on any atom is -0.315 e. The Morgan fingerprint density at radius 3 is 1.21 bits per heavy atom. The van der Waals surface area contributed by atoms with Crippen molar-refractivity contribution >= 4 is 34.3 Å². The number of amides is 2. The van der Waals surface area contributed by atoms with Gasteiger partial charge in [-0.25, -0.2) is 17.6 Å². The van der Waals surface area contributed by atoms with E-state index in [9.17, 15) is 36.7 Å². The lowest BCUT2D eigenvalue weighted by molar-refractivity contribution is -0.114. The van der Waals surface area contributed by atoms with Gasteiger partial charge in [-0.2, -0.15) is 0 Å². The summed E-state index contributed by atoms with van der Waals surface area (Å²) in [5.41, 5.74) is -2.50. The fourth-order valence-electron chi connectivity index (χ4n) is 7.59. The van der Waals surface area contributed by atoms with E-state index in [0.29, 0.717) is 25.7 Å².